The minimum atomic E-state index is -4.26. The molecule has 0 radical (unpaired) electrons. The van der Waals surface area contributed by atoms with Gasteiger partial charge in [-0.15, -0.1) is 0 Å². The molecule has 0 aliphatic rings. The average molecular weight is 665 g/mol. The summed E-state index contributed by atoms with van der Waals surface area (Å²) in [5.74, 6) is -2.89. The Morgan fingerprint density at radius 3 is 2.42 bits per heavy atom. The van der Waals surface area contributed by atoms with Crippen LogP contribution in [0.25, 0.3) is 27.8 Å². The number of benzene rings is 4. The van der Waals surface area contributed by atoms with E-state index < -0.39 is 27.4 Å². The number of anilines is 1. The Morgan fingerprint density at radius 1 is 0.917 bits per heavy atom. The Bertz CT molecular complexity index is 2490. The van der Waals surface area contributed by atoms with E-state index in [0.29, 0.717) is 27.9 Å². The zero-order chi connectivity index (χ0) is 33.7. The third-order valence-electron chi connectivity index (χ3n) is 7.90. The van der Waals surface area contributed by atoms with E-state index in [-0.39, 0.29) is 39.0 Å². The van der Waals surface area contributed by atoms with Crippen LogP contribution in [-0.4, -0.2) is 37.7 Å². The van der Waals surface area contributed by atoms with Gasteiger partial charge in [0, 0.05) is 24.2 Å². The Labute approximate surface area is 273 Å². The number of halogens is 2. The highest BCUT2D eigenvalue weighted by molar-refractivity contribution is 7.90. The monoisotopic (exact) mass is 664 g/mol. The third kappa shape index (κ3) is 5.10. The summed E-state index contributed by atoms with van der Waals surface area (Å²) in [5, 5.41) is 9.35. The summed E-state index contributed by atoms with van der Waals surface area (Å²) in [7, 11) is -2.49. The summed E-state index contributed by atoms with van der Waals surface area (Å²) in [6.07, 6.45) is 3.05. The second-order valence-electron chi connectivity index (χ2n) is 11.0. The lowest BCUT2D eigenvalue weighted by atomic mass is 10.1. The molecule has 4 aromatic carbocycles. The molecule has 13 heteroatoms. The van der Waals surface area contributed by atoms with E-state index in [4.69, 9.17) is 10.5 Å². The van der Waals surface area contributed by atoms with Gasteiger partial charge in [0.05, 0.1) is 33.6 Å². The van der Waals surface area contributed by atoms with Gasteiger partial charge in [-0.05, 0) is 73.2 Å². The van der Waals surface area contributed by atoms with Crippen LogP contribution >= 0.6 is 0 Å². The van der Waals surface area contributed by atoms with Crippen molar-refractivity contribution in [2.75, 3.05) is 5.73 Å². The minimum Gasteiger partial charge on any atom is -0.454 e. The van der Waals surface area contributed by atoms with Crippen molar-refractivity contribution in [2.45, 2.75) is 11.8 Å². The molecule has 0 atom stereocenters. The zero-order valence-corrected chi connectivity index (χ0v) is 26.3. The van der Waals surface area contributed by atoms with Crippen LogP contribution < -0.4 is 10.5 Å². The second-order valence-corrected chi connectivity index (χ2v) is 12.8. The number of ether oxygens (including phenoxy) is 1. The predicted octanol–water partition coefficient (Wildman–Crippen LogP) is 6.66. The van der Waals surface area contributed by atoms with Crippen molar-refractivity contribution >= 4 is 32.5 Å². The maximum absolute atomic E-state index is 14.3. The van der Waals surface area contributed by atoms with E-state index in [1.165, 1.54) is 47.3 Å². The highest BCUT2D eigenvalue weighted by Gasteiger charge is 2.30. The Kier molecular flexibility index (Phi) is 7.40. The van der Waals surface area contributed by atoms with E-state index in [2.05, 4.69) is 10.2 Å². The fourth-order valence-corrected chi connectivity index (χ4v) is 7.11. The number of fused-ring (bicyclic) bond motifs is 1. The summed E-state index contributed by atoms with van der Waals surface area (Å²) in [4.78, 5) is 14.3. The molecule has 0 unspecified atom stereocenters. The average Bonchev–Trinajstić information content (AvgIpc) is 3.80. The SMILES string of the molecule is Cc1cc(Oc2cccc(F)c2F)ccc1-n1ncc(C(=O)c2cc3c(-c4ccn(C)n4)cccc3n2S(=O)(=O)c2ccccc2)c1N. The van der Waals surface area contributed by atoms with Gasteiger partial charge in [0.25, 0.3) is 10.0 Å². The molecule has 0 saturated carbocycles. The summed E-state index contributed by atoms with van der Waals surface area (Å²) in [6.45, 7) is 1.73. The number of aromatic nitrogens is 5. The van der Waals surface area contributed by atoms with Gasteiger partial charge in [-0.25, -0.2) is 21.5 Å². The number of nitrogen functional groups attached to an aromatic ring is 1. The Balaban J connectivity index is 1.32. The zero-order valence-electron chi connectivity index (χ0n) is 25.5. The lowest BCUT2D eigenvalue weighted by Gasteiger charge is -2.13. The van der Waals surface area contributed by atoms with Crippen molar-refractivity contribution in [1.29, 1.82) is 0 Å². The van der Waals surface area contributed by atoms with Crippen molar-refractivity contribution in [3.8, 4) is 28.4 Å². The number of rotatable bonds is 8. The molecule has 0 amide bonds. The number of carbonyl (C=O) groups is 1. The van der Waals surface area contributed by atoms with Crippen LogP contribution in [0.2, 0.25) is 0 Å². The predicted molar refractivity (Wildman–Crippen MR) is 176 cm³/mol. The fourth-order valence-electron chi connectivity index (χ4n) is 5.59. The van der Waals surface area contributed by atoms with Crippen LogP contribution in [0.5, 0.6) is 11.5 Å². The molecule has 0 bridgehead atoms. The van der Waals surface area contributed by atoms with Gasteiger partial charge < -0.3 is 10.5 Å². The maximum atomic E-state index is 14.3. The number of ketones is 1. The van der Waals surface area contributed by atoms with Gasteiger partial charge in [0.2, 0.25) is 11.6 Å². The molecule has 10 nitrogen and oxygen atoms in total. The van der Waals surface area contributed by atoms with Crippen molar-refractivity contribution in [3.63, 3.8) is 0 Å². The Hall–Kier alpha value is -6.08. The maximum Gasteiger partial charge on any atom is 0.268 e. The van der Waals surface area contributed by atoms with Crippen LogP contribution in [0.4, 0.5) is 14.6 Å². The van der Waals surface area contributed by atoms with Crippen LogP contribution in [0.15, 0.2) is 114 Å². The molecular weight excluding hydrogens is 638 g/mol. The van der Waals surface area contributed by atoms with E-state index in [1.807, 2.05) is 6.07 Å². The Morgan fingerprint density at radius 2 is 1.69 bits per heavy atom. The number of nitrogens with two attached hydrogens (primary N) is 1. The molecule has 0 saturated heterocycles. The van der Waals surface area contributed by atoms with Crippen molar-refractivity contribution in [2.24, 2.45) is 7.05 Å². The van der Waals surface area contributed by atoms with Gasteiger partial charge in [-0.3, -0.25) is 9.48 Å². The van der Waals surface area contributed by atoms with Crippen molar-refractivity contribution < 1.29 is 26.7 Å². The smallest absolute Gasteiger partial charge is 0.268 e. The highest BCUT2D eigenvalue weighted by Crippen LogP contribution is 2.35. The van der Waals surface area contributed by atoms with Crippen LogP contribution in [0.1, 0.15) is 21.6 Å². The standard InChI is InChI=1S/C35H26F2N6O4S/c1-21-18-22(47-32-13-7-11-27(36)33(32)37)14-15-29(21)42-35(38)26(20-39-42)34(44)31-19-25-24(28-16-17-41(2)40-28)10-6-12-30(25)43(31)48(45,46)23-8-4-3-5-9-23/h3-20H,38H2,1-2H3. The molecule has 0 aliphatic carbocycles. The normalized spacial score (nSPS) is 11.7. The summed E-state index contributed by atoms with van der Waals surface area (Å²) < 4.78 is 65.7. The topological polar surface area (TPSA) is 127 Å². The fraction of sp³-hybridized carbons (Fsp3) is 0.0571. The molecule has 7 aromatic rings. The van der Waals surface area contributed by atoms with Crippen LogP contribution in [0.3, 0.4) is 0 Å². The number of carbonyl (C=O) groups excluding carboxylic acids is 1. The quantitative estimate of drug-likeness (QED) is 0.180. The highest BCUT2D eigenvalue weighted by atomic mass is 32.2. The van der Waals surface area contributed by atoms with E-state index in [9.17, 15) is 22.0 Å². The van der Waals surface area contributed by atoms with E-state index in [0.717, 1.165) is 10.0 Å². The number of nitrogens with zero attached hydrogens (tertiary/aromatic N) is 5. The van der Waals surface area contributed by atoms with Gasteiger partial charge >= 0.3 is 0 Å². The molecule has 0 spiro atoms. The number of hydrogen-bond acceptors (Lipinski definition) is 7. The molecule has 3 heterocycles. The summed E-state index contributed by atoms with van der Waals surface area (Å²) in [6, 6.07) is 24.7. The minimum absolute atomic E-state index is 0.000452. The van der Waals surface area contributed by atoms with Gasteiger partial charge in [0.15, 0.2) is 11.6 Å². The third-order valence-corrected chi connectivity index (χ3v) is 9.64. The van der Waals surface area contributed by atoms with E-state index >= 15 is 0 Å². The summed E-state index contributed by atoms with van der Waals surface area (Å²) >= 11 is 0. The van der Waals surface area contributed by atoms with Crippen LogP contribution in [-0.2, 0) is 17.1 Å². The largest absolute Gasteiger partial charge is 0.454 e. The first-order valence-corrected chi connectivity index (χ1v) is 16.0. The molecule has 7 rings (SSSR count). The number of hydrogen-bond donors (Lipinski definition) is 1. The van der Waals surface area contributed by atoms with Gasteiger partial charge in [-0.1, -0.05) is 36.4 Å². The molecular formula is C35H26F2N6O4S. The van der Waals surface area contributed by atoms with Gasteiger partial charge in [-0.2, -0.15) is 14.6 Å². The van der Waals surface area contributed by atoms with Crippen LogP contribution in [0, 0.1) is 18.6 Å². The number of aryl methyl sites for hydroxylation is 2. The first-order valence-electron chi connectivity index (χ1n) is 14.6. The van der Waals surface area contributed by atoms with Crippen molar-refractivity contribution in [3.05, 3.63) is 138 Å². The molecule has 240 valence electrons. The first kappa shape index (κ1) is 30.6. The molecule has 0 aliphatic heterocycles. The first-order chi connectivity index (χ1) is 23.0. The molecule has 3 aromatic heterocycles. The van der Waals surface area contributed by atoms with E-state index in [1.54, 1.807) is 73.4 Å². The lowest BCUT2D eigenvalue weighted by molar-refractivity contribution is 0.103. The molecule has 48 heavy (non-hydrogen) atoms. The van der Waals surface area contributed by atoms with Gasteiger partial charge in [0.1, 0.15) is 17.3 Å². The molecule has 0 fully saturated rings. The molecule has 2 N–H and O–H groups in total. The van der Waals surface area contributed by atoms with Crippen molar-refractivity contribution in [1.82, 2.24) is 23.5 Å². The summed E-state index contributed by atoms with van der Waals surface area (Å²) in [5.41, 5.74) is 8.96. The second kappa shape index (κ2) is 11.6. The lowest BCUT2D eigenvalue weighted by Crippen LogP contribution is -2.19.